The van der Waals surface area contributed by atoms with Crippen molar-refractivity contribution in [1.82, 2.24) is 9.88 Å². The molecule has 0 spiro atoms. The van der Waals surface area contributed by atoms with Crippen molar-refractivity contribution in [3.05, 3.63) is 63.8 Å². The van der Waals surface area contributed by atoms with Crippen LogP contribution in [-0.4, -0.2) is 24.3 Å². The Morgan fingerprint density at radius 2 is 1.84 bits per heavy atom. The van der Waals surface area contributed by atoms with Crippen molar-refractivity contribution in [2.24, 2.45) is 0 Å². The lowest BCUT2D eigenvalue weighted by Crippen LogP contribution is -2.18. The monoisotopic (exact) mass is 374 g/mol. The smallest absolute Gasteiger partial charge is 0.119 e. The van der Waals surface area contributed by atoms with Gasteiger partial charge in [-0.15, -0.1) is 0 Å². The molecule has 0 atom stereocenters. The van der Waals surface area contributed by atoms with Gasteiger partial charge in [0.25, 0.3) is 0 Å². The summed E-state index contributed by atoms with van der Waals surface area (Å²) in [6.07, 6.45) is 1.98. The highest BCUT2D eigenvalue weighted by molar-refractivity contribution is 6.38. The van der Waals surface area contributed by atoms with Crippen LogP contribution in [0.3, 0.4) is 0 Å². The number of aromatic nitrogens is 1. The van der Waals surface area contributed by atoms with Crippen LogP contribution in [0.4, 0.5) is 0 Å². The summed E-state index contributed by atoms with van der Waals surface area (Å²) >= 11 is 12.8. The number of para-hydroxylation sites is 1. The molecule has 0 fully saturated rings. The molecule has 1 aromatic heterocycles. The lowest BCUT2D eigenvalue weighted by Gasteiger charge is -2.13. The molecule has 25 heavy (non-hydrogen) atoms. The van der Waals surface area contributed by atoms with Crippen LogP contribution in [-0.2, 0) is 19.4 Å². The SMILES string of the molecule is Clc1cc(Cl)c2c(c1)c1c(n2CCOc2ccccc2)CCNCC1. The van der Waals surface area contributed by atoms with Crippen molar-refractivity contribution in [2.75, 3.05) is 19.7 Å². The highest BCUT2D eigenvalue weighted by Crippen LogP contribution is 2.35. The minimum atomic E-state index is 0.604. The fourth-order valence-electron chi connectivity index (χ4n) is 3.65. The molecule has 5 heteroatoms. The van der Waals surface area contributed by atoms with Crippen LogP contribution in [0.2, 0.25) is 10.0 Å². The summed E-state index contributed by atoms with van der Waals surface area (Å²) in [5.74, 6) is 0.890. The van der Waals surface area contributed by atoms with Crippen LogP contribution in [0, 0.1) is 0 Å². The first kappa shape index (κ1) is 16.8. The second-order valence-corrected chi connectivity index (χ2v) is 7.12. The number of hydrogen-bond acceptors (Lipinski definition) is 2. The molecule has 0 aliphatic carbocycles. The molecule has 0 amide bonds. The second-order valence-electron chi connectivity index (χ2n) is 6.27. The number of hydrogen-bond donors (Lipinski definition) is 1. The lowest BCUT2D eigenvalue weighted by atomic mass is 10.1. The highest BCUT2D eigenvalue weighted by Gasteiger charge is 2.21. The van der Waals surface area contributed by atoms with Crippen molar-refractivity contribution < 1.29 is 4.74 Å². The fourth-order valence-corrected chi connectivity index (χ4v) is 4.25. The van der Waals surface area contributed by atoms with Gasteiger partial charge in [0.1, 0.15) is 12.4 Å². The first-order valence-electron chi connectivity index (χ1n) is 8.61. The predicted molar refractivity (Wildman–Crippen MR) is 104 cm³/mol. The number of fused-ring (bicyclic) bond motifs is 3. The quantitative estimate of drug-likeness (QED) is 0.715. The van der Waals surface area contributed by atoms with Crippen molar-refractivity contribution in [3.63, 3.8) is 0 Å². The third-order valence-corrected chi connectivity index (χ3v) is 5.22. The molecular formula is C20H20Cl2N2O. The molecule has 0 unspecified atom stereocenters. The summed E-state index contributed by atoms with van der Waals surface area (Å²) in [5, 5.41) is 6.05. The number of benzene rings is 2. The molecule has 1 aliphatic rings. The van der Waals surface area contributed by atoms with Crippen LogP contribution in [0.25, 0.3) is 10.9 Å². The van der Waals surface area contributed by atoms with Gasteiger partial charge in [-0.25, -0.2) is 0 Å². The molecule has 1 N–H and O–H groups in total. The molecule has 0 saturated heterocycles. The van der Waals surface area contributed by atoms with Gasteiger partial charge in [0, 0.05) is 29.1 Å². The Hall–Kier alpha value is -1.68. The Labute approximate surface area is 157 Å². The zero-order chi connectivity index (χ0) is 17.2. The van der Waals surface area contributed by atoms with Gasteiger partial charge in [-0.2, -0.15) is 0 Å². The topological polar surface area (TPSA) is 26.2 Å². The molecule has 130 valence electrons. The first-order valence-corrected chi connectivity index (χ1v) is 9.37. The van der Waals surface area contributed by atoms with E-state index in [0.717, 1.165) is 43.7 Å². The normalized spacial score (nSPS) is 14.3. The van der Waals surface area contributed by atoms with E-state index in [1.807, 2.05) is 42.5 Å². The van der Waals surface area contributed by atoms with Gasteiger partial charge < -0.3 is 14.6 Å². The van der Waals surface area contributed by atoms with Crippen LogP contribution in [0.1, 0.15) is 11.3 Å². The van der Waals surface area contributed by atoms with Crippen LogP contribution < -0.4 is 10.1 Å². The van der Waals surface area contributed by atoms with Crippen LogP contribution >= 0.6 is 23.2 Å². The van der Waals surface area contributed by atoms with E-state index in [9.17, 15) is 0 Å². The zero-order valence-electron chi connectivity index (χ0n) is 13.9. The number of rotatable bonds is 4. The Bertz CT molecular complexity index is 890. The molecule has 3 nitrogen and oxygen atoms in total. The molecule has 0 saturated carbocycles. The van der Waals surface area contributed by atoms with E-state index in [-0.39, 0.29) is 0 Å². The van der Waals surface area contributed by atoms with Crippen molar-refractivity contribution in [3.8, 4) is 5.75 Å². The molecule has 2 aromatic carbocycles. The molecule has 1 aliphatic heterocycles. The average molecular weight is 375 g/mol. The van der Waals surface area contributed by atoms with Crippen molar-refractivity contribution >= 4 is 34.1 Å². The van der Waals surface area contributed by atoms with Gasteiger partial charge in [-0.05, 0) is 42.8 Å². The third-order valence-electron chi connectivity index (χ3n) is 4.71. The summed E-state index contributed by atoms with van der Waals surface area (Å²) in [5.41, 5.74) is 3.79. The van der Waals surface area contributed by atoms with Crippen LogP contribution in [0.15, 0.2) is 42.5 Å². The molecule has 4 rings (SSSR count). The Kier molecular flexibility index (Phi) is 4.89. The van der Waals surface area contributed by atoms with Gasteiger partial charge >= 0.3 is 0 Å². The summed E-state index contributed by atoms with van der Waals surface area (Å²) in [7, 11) is 0. The number of halogens is 2. The van der Waals surface area contributed by atoms with Gasteiger partial charge in [0.2, 0.25) is 0 Å². The van der Waals surface area contributed by atoms with E-state index in [1.54, 1.807) is 0 Å². The maximum absolute atomic E-state index is 6.56. The van der Waals surface area contributed by atoms with Gasteiger partial charge in [-0.3, -0.25) is 0 Å². The van der Waals surface area contributed by atoms with Crippen molar-refractivity contribution in [2.45, 2.75) is 19.4 Å². The Morgan fingerprint density at radius 3 is 2.68 bits per heavy atom. The van der Waals surface area contributed by atoms with E-state index in [4.69, 9.17) is 27.9 Å². The maximum atomic E-state index is 6.56. The molecule has 0 radical (unpaired) electrons. The minimum Gasteiger partial charge on any atom is -0.492 e. The predicted octanol–water partition coefficient (Wildman–Crippen LogP) is 4.72. The van der Waals surface area contributed by atoms with E-state index >= 15 is 0 Å². The lowest BCUT2D eigenvalue weighted by molar-refractivity contribution is 0.299. The Balaban J connectivity index is 1.70. The van der Waals surface area contributed by atoms with E-state index in [1.165, 1.54) is 16.6 Å². The zero-order valence-corrected chi connectivity index (χ0v) is 15.4. The average Bonchev–Trinajstić information content (AvgIpc) is 2.76. The minimum absolute atomic E-state index is 0.604. The second kappa shape index (κ2) is 7.28. The van der Waals surface area contributed by atoms with Gasteiger partial charge in [-0.1, -0.05) is 41.4 Å². The fraction of sp³-hybridized carbons (Fsp3) is 0.300. The van der Waals surface area contributed by atoms with E-state index < -0.39 is 0 Å². The molecule has 3 aromatic rings. The molecule has 0 bridgehead atoms. The standard InChI is InChI=1S/C20H20Cl2N2O/c21-14-12-17-16-6-8-23-9-7-19(16)24(20(17)18(22)13-14)10-11-25-15-4-2-1-3-5-15/h1-5,12-13,23H,6-11H2. The van der Waals surface area contributed by atoms with E-state index in [0.29, 0.717) is 16.7 Å². The highest BCUT2D eigenvalue weighted by atomic mass is 35.5. The number of ether oxygens (including phenoxy) is 1. The summed E-state index contributed by atoms with van der Waals surface area (Å²) in [6.45, 7) is 3.33. The maximum Gasteiger partial charge on any atom is 0.119 e. The summed E-state index contributed by atoms with van der Waals surface area (Å²) in [6, 6.07) is 13.8. The van der Waals surface area contributed by atoms with Gasteiger partial charge in [0.15, 0.2) is 0 Å². The van der Waals surface area contributed by atoms with Crippen molar-refractivity contribution in [1.29, 1.82) is 0 Å². The van der Waals surface area contributed by atoms with E-state index in [2.05, 4.69) is 9.88 Å². The van der Waals surface area contributed by atoms with Gasteiger partial charge in [0.05, 0.1) is 17.1 Å². The largest absolute Gasteiger partial charge is 0.492 e. The Morgan fingerprint density at radius 1 is 1.04 bits per heavy atom. The first-order chi connectivity index (χ1) is 12.2. The molecule has 2 heterocycles. The number of nitrogens with one attached hydrogen (secondary N) is 1. The summed E-state index contributed by atoms with van der Waals surface area (Å²) < 4.78 is 8.23. The molecular weight excluding hydrogens is 355 g/mol. The number of nitrogens with zero attached hydrogens (tertiary/aromatic N) is 1. The third kappa shape index (κ3) is 3.37. The summed E-state index contributed by atoms with van der Waals surface area (Å²) in [4.78, 5) is 0. The van der Waals surface area contributed by atoms with Crippen LogP contribution in [0.5, 0.6) is 5.75 Å².